The molecule has 1 rings (SSSR count). The van der Waals surface area contributed by atoms with Gasteiger partial charge in [0.2, 0.25) is 5.91 Å². The van der Waals surface area contributed by atoms with Gasteiger partial charge in [0.15, 0.2) is 0 Å². The van der Waals surface area contributed by atoms with Crippen LogP contribution >= 0.6 is 0 Å². The van der Waals surface area contributed by atoms with E-state index in [0.717, 1.165) is 12.8 Å². The average Bonchev–Trinajstić information content (AvgIpc) is 2.07. The SMILES string of the molecule is CC(C)CCC(=O)NC1(C(=O)O)CCC1. The van der Waals surface area contributed by atoms with E-state index in [1.807, 2.05) is 13.8 Å². The Labute approximate surface area is 90.0 Å². The van der Waals surface area contributed by atoms with Gasteiger partial charge < -0.3 is 10.4 Å². The molecule has 0 aromatic rings. The van der Waals surface area contributed by atoms with Crippen molar-refractivity contribution in [3.8, 4) is 0 Å². The lowest BCUT2D eigenvalue weighted by Crippen LogP contribution is -2.59. The third-order valence-corrected chi connectivity index (χ3v) is 2.94. The van der Waals surface area contributed by atoms with Gasteiger partial charge in [0.05, 0.1) is 0 Å². The van der Waals surface area contributed by atoms with E-state index in [0.29, 0.717) is 25.2 Å². The van der Waals surface area contributed by atoms with Crippen LogP contribution in [0.25, 0.3) is 0 Å². The van der Waals surface area contributed by atoms with E-state index in [9.17, 15) is 9.59 Å². The summed E-state index contributed by atoms with van der Waals surface area (Å²) in [6.07, 6.45) is 3.25. The number of rotatable bonds is 5. The van der Waals surface area contributed by atoms with Crippen LogP contribution in [0.15, 0.2) is 0 Å². The van der Waals surface area contributed by atoms with Gasteiger partial charge in [-0.25, -0.2) is 4.79 Å². The molecule has 0 spiro atoms. The van der Waals surface area contributed by atoms with Crippen LogP contribution in [-0.2, 0) is 9.59 Å². The minimum atomic E-state index is -0.950. The zero-order chi connectivity index (χ0) is 11.5. The van der Waals surface area contributed by atoms with E-state index in [1.165, 1.54) is 0 Å². The smallest absolute Gasteiger partial charge is 0.329 e. The number of carbonyl (C=O) groups excluding carboxylic acids is 1. The van der Waals surface area contributed by atoms with Crippen LogP contribution in [0.3, 0.4) is 0 Å². The van der Waals surface area contributed by atoms with Crippen molar-refractivity contribution in [1.82, 2.24) is 5.32 Å². The summed E-state index contributed by atoms with van der Waals surface area (Å²) in [4.78, 5) is 22.4. The second kappa shape index (κ2) is 4.64. The maximum Gasteiger partial charge on any atom is 0.329 e. The molecule has 1 amide bonds. The molecular formula is C11H19NO3. The molecule has 0 aliphatic heterocycles. The fourth-order valence-electron chi connectivity index (χ4n) is 1.67. The van der Waals surface area contributed by atoms with Crippen molar-refractivity contribution in [1.29, 1.82) is 0 Å². The van der Waals surface area contributed by atoms with Crippen molar-refractivity contribution in [2.45, 2.75) is 51.5 Å². The number of aliphatic carboxylic acids is 1. The Balaban J connectivity index is 2.39. The second-order valence-electron chi connectivity index (χ2n) is 4.72. The molecule has 1 aliphatic rings. The molecule has 86 valence electrons. The number of carboxylic acid groups (broad SMARTS) is 1. The first-order valence-corrected chi connectivity index (χ1v) is 5.51. The Morgan fingerprint density at radius 3 is 2.33 bits per heavy atom. The van der Waals surface area contributed by atoms with Crippen molar-refractivity contribution in [2.24, 2.45) is 5.92 Å². The summed E-state index contributed by atoms with van der Waals surface area (Å²) >= 11 is 0. The topological polar surface area (TPSA) is 66.4 Å². The molecule has 4 nitrogen and oxygen atoms in total. The van der Waals surface area contributed by atoms with Gasteiger partial charge in [0, 0.05) is 6.42 Å². The number of nitrogens with one attached hydrogen (secondary N) is 1. The standard InChI is InChI=1S/C11H19NO3/c1-8(2)4-5-9(13)12-11(10(14)15)6-3-7-11/h8H,3-7H2,1-2H3,(H,12,13)(H,14,15). The summed E-state index contributed by atoms with van der Waals surface area (Å²) in [5.74, 6) is -0.560. The van der Waals surface area contributed by atoms with Gasteiger partial charge in [-0.3, -0.25) is 4.79 Å². The van der Waals surface area contributed by atoms with Gasteiger partial charge in [0.1, 0.15) is 5.54 Å². The predicted octanol–water partition coefficient (Wildman–Crippen LogP) is 1.55. The Kier molecular flexibility index (Phi) is 3.72. The number of hydrogen-bond acceptors (Lipinski definition) is 2. The van der Waals surface area contributed by atoms with Gasteiger partial charge in [0.25, 0.3) is 0 Å². The molecule has 4 heteroatoms. The summed E-state index contributed by atoms with van der Waals surface area (Å²) in [6.45, 7) is 4.09. The van der Waals surface area contributed by atoms with Crippen LogP contribution < -0.4 is 5.32 Å². The van der Waals surface area contributed by atoms with Gasteiger partial charge in [-0.2, -0.15) is 0 Å². The third kappa shape index (κ3) is 2.94. The highest BCUT2D eigenvalue weighted by atomic mass is 16.4. The molecule has 0 aromatic heterocycles. The fourth-order valence-corrected chi connectivity index (χ4v) is 1.67. The van der Waals surface area contributed by atoms with E-state index in [1.54, 1.807) is 0 Å². The van der Waals surface area contributed by atoms with Crippen LogP contribution in [0.4, 0.5) is 0 Å². The quantitative estimate of drug-likeness (QED) is 0.728. The average molecular weight is 213 g/mol. The van der Waals surface area contributed by atoms with Crippen LogP contribution in [0.1, 0.15) is 46.0 Å². The minimum absolute atomic E-state index is 0.134. The number of amides is 1. The largest absolute Gasteiger partial charge is 0.480 e. The number of hydrogen-bond donors (Lipinski definition) is 2. The first-order valence-electron chi connectivity index (χ1n) is 5.51. The van der Waals surface area contributed by atoms with E-state index >= 15 is 0 Å². The van der Waals surface area contributed by atoms with Crippen molar-refractivity contribution in [3.05, 3.63) is 0 Å². The first kappa shape index (κ1) is 12.0. The Morgan fingerprint density at radius 2 is 2.00 bits per heavy atom. The van der Waals surface area contributed by atoms with E-state index < -0.39 is 11.5 Å². The molecule has 0 unspecified atom stereocenters. The molecule has 1 aliphatic carbocycles. The van der Waals surface area contributed by atoms with Gasteiger partial charge in [-0.05, 0) is 31.6 Å². The maximum absolute atomic E-state index is 11.5. The first-order chi connectivity index (χ1) is 6.96. The molecule has 1 fully saturated rings. The second-order valence-corrected chi connectivity index (χ2v) is 4.72. The van der Waals surface area contributed by atoms with Crippen molar-refractivity contribution < 1.29 is 14.7 Å². The molecule has 2 N–H and O–H groups in total. The highest BCUT2D eigenvalue weighted by Crippen LogP contribution is 2.32. The summed E-state index contributed by atoms with van der Waals surface area (Å²) in [7, 11) is 0. The molecule has 1 saturated carbocycles. The van der Waals surface area contributed by atoms with Gasteiger partial charge in [-0.1, -0.05) is 13.8 Å². The lowest BCUT2D eigenvalue weighted by molar-refractivity contribution is -0.151. The lowest BCUT2D eigenvalue weighted by Gasteiger charge is -2.38. The van der Waals surface area contributed by atoms with Gasteiger partial charge >= 0.3 is 5.97 Å². The number of carbonyl (C=O) groups is 2. The molecular weight excluding hydrogens is 194 g/mol. The molecule has 0 radical (unpaired) electrons. The van der Waals surface area contributed by atoms with Crippen LogP contribution in [0.5, 0.6) is 0 Å². The van der Waals surface area contributed by atoms with E-state index in [-0.39, 0.29) is 5.91 Å². The molecule has 0 saturated heterocycles. The fraction of sp³-hybridized carbons (Fsp3) is 0.818. The molecule has 0 aromatic carbocycles. The predicted molar refractivity (Wildman–Crippen MR) is 56.4 cm³/mol. The molecule has 0 bridgehead atoms. The van der Waals surface area contributed by atoms with E-state index in [4.69, 9.17) is 5.11 Å². The van der Waals surface area contributed by atoms with Crippen LogP contribution in [0.2, 0.25) is 0 Å². The highest BCUT2D eigenvalue weighted by molar-refractivity contribution is 5.87. The minimum Gasteiger partial charge on any atom is -0.480 e. The van der Waals surface area contributed by atoms with Crippen LogP contribution in [-0.4, -0.2) is 22.5 Å². The normalized spacial score (nSPS) is 18.3. The highest BCUT2D eigenvalue weighted by Gasteiger charge is 2.45. The van der Waals surface area contributed by atoms with Crippen LogP contribution in [0, 0.1) is 5.92 Å². The molecule has 15 heavy (non-hydrogen) atoms. The van der Waals surface area contributed by atoms with Gasteiger partial charge in [-0.15, -0.1) is 0 Å². The zero-order valence-corrected chi connectivity index (χ0v) is 9.38. The summed E-state index contributed by atoms with van der Waals surface area (Å²) in [5, 5.41) is 11.6. The Hall–Kier alpha value is -1.06. The molecule has 0 heterocycles. The summed E-state index contributed by atoms with van der Waals surface area (Å²) in [6, 6.07) is 0. The summed E-state index contributed by atoms with van der Waals surface area (Å²) < 4.78 is 0. The summed E-state index contributed by atoms with van der Waals surface area (Å²) in [5.41, 5.74) is -0.950. The third-order valence-electron chi connectivity index (χ3n) is 2.94. The monoisotopic (exact) mass is 213 g/mol. The van der Waals surface area contributed by atoms with Crippen molar-refractivity contribution >= 4 is 11.9 Å². The lowest BCUT2D eigenvalue weighted by atomic mass is 9.76. The van der Waals surface area contributed by atoms with Crippen molar-refractivity contribution in [2.75, 3.05) is 0 Å². The Bertz CT molecular complexity index is 257. The molecule has 0 atom stereocenters. The zero-order valence-electron chi connectivity index (χ0n) is 9.38. The number of carboxylic acids is 1. The Morgan fingerprint density at radius 1 is 1.40 bits per heavy atom. The van der Waals surface area contributed by atoms with Crippen molar-refractivity contribution in [3.63, 3.8) is 0 Å². The maximum atomic E-state index is 11.5. The van der Waals surface area contributed by atoms with E-state index in [2.05, 4.69) is 5.32 Å².